The average molecular weight is 268 g/mol. The zero-order chi connectivity index (χ0) is 14.1. The number of fused-ring (bicyclic) bond motifs is 1. The quantitative estimate of drug-likeness (QED) is 0.851. The highest BCUT2D eigenvalue weighted by Gasteiger charge is 2.32. The zero-order valence-electron chi connectivity index (χ0n) is 11.2. The Morgan fingerprint density at radius 1 is 1.20 bits per heavy atom. The van der Waals surface area contributed by atoms with Gasteiger partial charge in [0.25, 0.3) is 0 Å². The Hall–Kier alpha value is -2.49. The van der Waals surface area contributed by atoms with Gasteiger partial charge in [0, 0.05) is 12.6 Å². The minimum absolute atomic E-state index is 0.00662. The average Bonchev–Trinajstić information content (AvgIpc) is 2.90. The monoisotopic (exact) mass is 268 g/mol. The predicted molar refractivity (Wildman–Crippen MR) is 78.9 cm³/mol. The standard InChI is InChI=1S/C16H16N2O2/c1-18(14-8-4-3-7-13(14)17)16(19)12-10-20-15-9-5-2-6-11(12)15/h2-9,12H,10,17H2,1H3. The number of likely N-dealkylation sites (N-methyl/N-ethyl adjacent to an activating group) is 1. The van der Waals surface area contributed by atoms with Crippen LogP contribution in [0, 0.1) is 0 Å². The van der Waals surface area contributed by atoms with E-state index >= 15 is 0 Å². The molecule has 0 aromatic heterocycles. The van der Waals surface area contributed by atoms with E-state index in [1.165, 1.54) is 0 Å². The molecule has 2 aromatic rings. The van der Waals surface area contributed by atoms with Crippen LogP contribution in [0.15, 0.2) is 48.5 Å². The molecule has 0 saturated carbocycles. The molecule has 0 bridgehead atoms. The summed E-state index contributed by atoms with van der Waals surface area (Å²) in [6.07, 6.45) is 0. The first-order chi connectivity index (χ1) is 9.68. The molecule has 1 amide bonds. The van der Waals surface area contributed by atoms with E-state index in [2.05, 4.69) is 0 Å². The minimum Gasteiger partial charge on any atom is -0.492 e. The molecule has 2 N–H and O–H groups in total. The van der Waals surface area contributed by atoms with Crippen LogP contribution in [0.3, 0.4) is 0 Å². The van der Waals surface area contributed by atoms with E-state index in [1.54, 1.807) is 18.0 Å². The van der Waals surface area contributed by atoms with Gasteiger partial charge in [-0.3, -0.25) is 4.79 Å². The summed E-state index contributed by atoms with van der Waals surface area (Å²) in [5.74, 6) is 0.518. The highest BCUT2D eigenvalue weighted by atomic mass is 16.5. The fourth-order valence-corrected chi connectivity index (χ4v) is 2.51. The summed E-state index contributed by atoms with van der Waals surface area (Å²) in [5.41, 5.74) is 8.19. The van der Waals surface area contributed by atoms with E-state index in [-0.39, 0.29) is 11.8 Å². The van der Waals surface area contributed by atoms with E-state index in [4.69, 9.17) is 10.5 Å². The molecule has 0 spiro atoms. The lowest BCUT2D eigenvalue weighted by molar-refractivity contribution is -0.119. The summed E-state index contributed by atoms with van der Waals surface area (Å²) in [7, 11) is 1.74. The molecule has 3 rings (SSSR count). The van der Waals surface area contributed by atoms with Crippen molar-refractivity contribution in [1.82, 2.24) is 0 Å². The Morgan fingerprint density at radius 2 is 1.90 bits per heavy atom. The maximum Gasteiger partial charge on any atom is 0.237 e. The number of nitrogens with zero attached hydrogens (tertiary/aromatic N) is 1. The van der Waals surface area contributed by atoms with Crippen LogP contribution in [0.5, 0.6) is 5.75 Å². The van der Waals surface area contributed by atoms with Crippen LogP contribution in [0.25, 0.3) is 0 Å². The Balaban J connectivity index is 1.89. The third-order valence-electron chi connectivity index (χ3n) is 3.63. The number of carbonyl (C=O) groups excluding carboxylic acids is 1. The lowest BCUT2D eigenvalue weighted by Gasteiger charge is -2.22. The van der Waals surface area contributed by atoms with Crippen molar-refractivity contribution >= 4 is 17.3 Å². The molecule has 2 aromatic carbocycles. The first kappa shape index (κ1) is 12.5. The van der Waals surface area contributed by atoms with Gasteiger partial charge in [0.1, 0.15) is 18.3 Å². The van der Waals surface area contributed by atoms with Gasteiger partial charge in [-0.2, -0.15) is 0 Å². The molecule has 0 saturated heterocycles. The number of amides is 1. The summed E-state index contributed by atoms with van der Waals surface area (Å²) >= 11 is 0. The van der Waals surface area contributed by atoms with Crippen molar-refractivity contribution in [1.29, 1.82) is 0 Å². The van der Waals surface area contributed by atoms with Gasteiger partial charge in [0.05, 0.1) is 11.4 Å². The Labute approximate surface area is 117 Å². The first-order valence-electron chi connectivity index (χ1n) is 6.52. The smallest absolute Gasteiger partial charge is 0.237 e. The van der Waals surface area contributed by atoms with Crippen LogP contribution in [0.2, 0.25) is 0 Å². The molecule has 1 unspecified atom stereocenters. The zero-order valence-corrected chi connectivity index (χ0v) is 11.2. The van der Waals surface area contributed by atoms with E-state index in [0.29, 0.717) is 12.3 Å². The Kier molecular flexibility index (Phi) is 3.06. The van der Waals surface area contributed by atoms with Crippen LogP contribution in [0.4, 0.5) is 11.4 Å². The number of anilines is 2. The molecule has 20 heavy (non-hydrogen) atoms. The number of ether oxygens (including phenoxy) is 1. The highest BCUT2D eigenvalue weighted by Crippen LogP contribution is 2.35. The summed E-state index contributed by atoms with van der Waals surface area (Å²) in [6, 6.07) is 15.0. The number of para-hydroxylation sites is 3. The molecule has 4 nitrogen and oxygen atoms in total. The second kappa shape index (κ2) is 4.89. The van der Waals surface area contributed by atoms with E-state index in [1.807, 2.05) is 42.5 Å². The Morgan fingerprint density at radius 3 is 2.70 bits per heavy atom. The third kappa shape index (κ3) is 1.99. The molecule has 4 heteroatoms. The second-order valence-corrected chi connectivity index (χ2v) is 4.86. The van der Waals surface area contributed by atoms with Gasteiger partial charge in [-0.15, -0.1) is 0 Å². The van der Waals surface area contributed by atoms with Gasteiger partial charge in [-0.1, -0.05) is 30.3 Å². The second-order valence-electron chi connectivity index (χ2n) is 4.86. The van der Waals surface area contributed by atoms with Crippen molar-refractivity contribution in [2.24, 2.45) is 0 Å². The van der Waals surface area contributed by atoms with Gasteiger partial charge >= 0.3 is 0 Å². The van der Waals surface area contributed by atoms with Crippen LogP contribution in [0.1, 0.15) is 11.5 Å². The maximum atomic E-state index is 12.7. The van der Waals surface area contributed by atoms with Crippen molar-refractivity contribution in [3.8, 4) is 5.75 Å². The fourth-order valence-electron chi connectivity index (χ4n) is 2.51. The van der Waals surface area contributed by atoms with Crippen LogP contribution in [-0.4, -0.2) is 19.6 Å². The van der Waals surface area contributed by atoms with Crippen LogP contribution in [-0.2, 0) is 4.79 Å². The van der Waals surface area contributed by atoms with E-state index in [9.17, 15) is 4.79 Å². The minimum atomic E-state index is -0.268. The summed E-state index contributed by atoms with van der Waals surface area (Å²) in [4.78, 5) is 14.3. The number of hydrogen-bond acceptors (Lipinski definition) is 3. The molecule has 1 atom stereocenters. The predicted octanol–water partition coefficient (Wildman–Crippen LogP) is 2.41. The van der Waals surface area contributed by atoms with Gasteiger partial charge in [-0.05, 0) is 18.2 Å². The van der Waals surface area contributed by atoms with Crippen molar-refractivity contribution < 1.29 is 9.53 Å². The van der Waals surface area contributed by atoms with Crippen LogP contribution < -0.4 is 15.4 Å². The van der Waals surface area contributed by atoms with Gasteiger partial charge in [-0.25, -0.2) is 0 Å². The van der Waals surface area contributed by atoms with Gasteiger partial charge < -0.3 is 15.4 Å². The fraction of sp³-hybridized carbons (Fsp3) is 0.188. The summed E-state index contributed by atoms with van der Waals surface area (Å²) in [6.45, 7) is 0.384. The highest BCUT2D eigenvalue weighted by molar-refractivity contribution is 6.00. The number of carbonyl (C=O) groups is 1. The van der Waals surface area contributed by atoms with Gasteiger partial charge in [0.2, 0.25) is 5.91 Å². The Bertz CT molecular complexity index is 654. The molecular weight excluding hydrogens is 252 g/mol. The third-order valence-corrected chi connectivity index (χ3v) is 3.63. The molecule has 0 aliphatic carbocycles. The normalized spacial score (nSPS) is 16.4. The van der Waals surface area contributed by atoms with Crippen molar-refractivity contribution in [3.63, 3.8) is 0 Å². The molecule has 1 aliphatic rings. The van der Waals surface area contributed by atoms with E-state index in [0.717, 1.165) is 17.0 Å². The maximum absolute atomic E-state index is 12.7. The van der Waals surface area contributed by atoms with Crippen molar-refractivity contribution in [2.45, 2.75) is 5.92 Å². The molecule has 1 heterocycles. The van der Waals surface area contributed by atoms with Crippen LogP contribution >= 0.6 is 0 Å². The molecule has 0 fully saturated rings. The number of hydrogen-bond donors (Lipinski definition) is 1. The summed E-state index contributed by atoms with van der Waals surface area (Å²) < 4.78 is 5.57. The first-order valence-corrected chi connectivity index (χ1v) is 6.52. The van der Waals surface area contributed by atoms with Crippen molar-refractivity contribution in [2.75, 3.05) is 24.3 Å². The number of nitrogen functional groups attached to an aromatic ring is 1. The topological polar surface area (TPSA) is 55.6 Å². The lowest BCUT2D eigenvalue weighted by atomic mass is 9.99. The largest absolute Gasteiger partial charge is 0.492 e. The van der Waals surface area contributed by atoms with Crippen molar-refractivity contribution in [3.05, 3.63) is 54.1 Å². The molecular formula is C16H16N2O2. The number of nitrogens with two attached hydrogens (primary N) is 1. The molecule has 0 radical (unpaired) electrons. The number of rotatable bonds is 2. The molecule has 1 aliphatic heterocycles. The molecule has 102 valence electrons. The SMILES string of the molecule is CN(C(=O)C1COc2ccccc21)c1ccccc1N. The summed E-state index contributed by atoms with van der Waals surface area (Å²) in [5, 5.41) is 0. The van der Waals surface area contributed by atoms with Gasteiger partial charge in [0.15, 0.2) is 0 Å². The lowest BCUT2D eigenvalue weighted by Crippen LogP contribution is -2.32. The number of benzene rings is 2. The van der Waals surface area contributed by atoms with E-state index < -0.39 is 0 Å².